The summed E-state index contributed by atoms with van der Waals surface area (Å²) in [7, 11) is 0. The number of hydrogen-bond donors (Lipinski definition) is 0. The molecule has 1 atom stereocenters. The highest BCUT2D eigenvalue weighted by atomic mass is 32.2. The molecular formula is C29H27F3N6OS. The molecule has 0 N–H and O–H groups in total. The Labute approximate surface area is 234 Å². The number of para-hydroxylation sites is 1. The lowest BCUT2D eigenvalue weighted by atomic mass is 10.00. The maximum atomic E-state index is 12.4. The van der Waals surface area contributed by atoms with Gasteiger partial charge in [0.25, 0.3) is 0 Å². The van der Waals surface area contributed by atoms with Gasteiger partial charge in [0.2, 0.25) is 0 Å². The van der Waals surface area contributed by atoms with Gasteiger partial charge in [0, 0.05) is 23.0 Å². The fourth-order valence-electron chi connectivity index (χ4n) is 4.32. The highest BCUT2D eigenvalue weighted by Gasteiger charge is 2.31. The molecule has 0 spiro atoms. The van der Waals surface area contributed by atoms with Crippen molar-refractivity contribution in [3.8, 4) is 22.8 Å². The van der Waals surface area contributed by atoms with Crippen molar-refractivity contribution in [2.75, 3.05) is 10.7 Å². The molecule has 1 saturated heterocycles. The van der Waals surface area contributed by atoms with Crippen molar-refractivity contribution in [1.82, 2.24) is 14.8 Å². The van der Waals surface area contributed by atoms with Gasteiger partial charge in [-0.15, -0.1) is 23.4 Å². The van der Waals surface area contributed by atoms with Crippen LogP contribution in [-0.2, 0) is 0 Å². The van der Waals surface area contributed by atoms with Crippen LogP contribution in [0.5, 0.6) is 5.75 Å². The van der Waals surface area contributed by atoms with E-state index in [9.17, 15) is 13.2 Å². The summed E-state index contributed by atoms with van der Waals surface area (Å²) >= 11 is 1.70. The summed E-state index contributed by atoms with van der Waals surface area (Å²) in [5.74, 6) is 1.53. The van der Waals surface area contributed by atoms with Gasteiger partial charge < -0.3 is 9.64 Å². The minimum Gasteiger partial charge on any atom is -0.406 e. The van der Waals surface area contributed by atoms with Gasteiger partial charge in [0.1, 0.15) is 12.1 Å². The van der Waals surface area contributed by atoms with E-state index in [1.54, 1.807) is 18.0 Å². The SMILES string of the molecule is CC(C)c1ccccc1N1/C(=N/N=C/c2ccc(-c3ncn(-c4ccc(OC(F)(F)F)cc4)n3)cc2)SCC1C. The van der Waals surface area contributed by atoms with Crippen molar-refractivity contribution < 1.29 is 17.9 Å². The molecule has 1 aliphatic rings. The summed E-state index contributed by atoms with van der Waals surface area (Å²) in [6.07, 6.45) is -1.52. The molecule has 11 heteroatoms. The Hall–Kier alpha value is -4.12. The zero-order valence-corrected chi connectivity index (χ0v) is 22.9. The number of halogens is 3. The Balaban J connectivity index is 1.27. The van der Waals surface area contributed by atoms with E-state index in [4.69, 9.17) is 0 Å². The Morgan fingerprint density at radius 3 is 2.45 bits per heavy atom. The van der Waals surface area contributed by atoms with Gasteiger partial charge in [0.15, 0.2) is 11.0 Å². The second-order valence-electron chi connectivity index (χ2n) is 9.55. The van der Waals surface area contributed by atoms with Gasteiger partial charge in [-0.1, -0.05) is 68.1 Å². The van der Waals surface area contributed by atoms with E-state index in [1.165, 1.54) is 46.5 Å². The first kappa shape index (κ1) is 27.4. The standard InChI is InChI=1S/C29H27F3N6OS/c1-19(2)25-6-4-5-7-26(25)38-20(3)17-40-28(38)35-34-16-21-8-10-22(11-9-21)27-33-18-37(36-27)23-12-14-24(15-13-23)39-29(30,31)32/h4-16,18-20H,17H2,1-3H3/b34-16+,35-28-. The Morgan fingerprint density at radius 1 is 1.02 bits per heavy atom. The summed E-state index contributed by atoms with van der Waals surface area (Å²) in [5, 5.41) is 14.2. The highest BCUT2D eigenvalue weighted by molar-refractivity contribution is 8.14. The van der Waals surface area contributed by atoms with Crippen LogP contribution in [-0.4, -0.2) is 44.3 Å². The smallest absolute Gasteiger partial charge is 0.406 e. The number of ether oxygens (including phenoxy) is 1. The van der Waals surface area contributed by atoms with E-state index in [-0.39, 0.29) is 5.75 Å². The normalized spacial score (nSPS) is 16.9. The van der Waals surface area contributed by atoms with Crippen LogP contribution < -0.4 is 9.64 Å². The van der Waals surface area contributed by atoms with Crippen LogP contribution in [0.4, 0.5) is 18.9 Å². The molecule has 0 radical (unpaired) electrons. The van der Waals surface area contributed by atoms with Crippen molar-refractivity contribution in [1.29, 1.82) is 0 Å². The maximum Gasteiger partial charge on any atom is 0.573 e. The summed E-state index contributed by atoms with van der Waals surface area (Å²) in [6.45, 7) is 6.58. The van der Waals surface area contributed by atoms with Crippen LogP contribution in [0.2, 0.25) is 0 Å². The zero-order valence-electron chi connectivity index (χ0n) is 22.1. The van der Waals surface area contributed by atoms with E-state index in [0.29, 0.717) is 23.5 Å². The molecular weight excluding hydrogens is 537 g/mol. The number of anilines is 1. The van der Waals surface area contributed by atoms with Gasteiger partial charge in [0.05, 0.1) is 11.9 Å². The summed E-state index contributed by atoms with van der Waals surface area (Å²) in [4.78, 5) is 6.59. The number of benzene rings is 3. The van der Waals surface area contributed by atoms with E-state index in [0.717, 1.165) is 22.0 Å². The number of nitrogens with zero attached hydrogens (tertiary/aromatic N) is 6. The second-order valence-corrected chi connectivity index (χ2v) is 10.5. The van der Waals surface area contributed by atoms with Crippen LogP contribution in [0.1, 0.15) is 37.8 Å². The predicted octanol–water partition coefficient (Wildman–Crippen LogP) is 7.29. The minimum atomic E-state index is -4.74. The van der Waals surface area contributed by atoms with Crippen LogP contribution in [0.3, 0.4) is 0 Å². The first-order valence-corrected chi connectivity index (χ1v) is 13.7. The van der Waals surface area contributed by atoms with Gasteiger partial charge in [-0.05, 0) is 54.3 Å². The predicted molar refractivity (Wildman–Crippen MR) is 153 cm³/mol. The lowest BCUT2D eigenvalue weighted by Crippen LogP contribution is -2.32. The maximum absolute atomic E-state index is 12.4. The lowest BCUT2D eigenvalue weighted by molar-refractivity contribution is -0.274. The molecule has 2 heterocycles. The molecule has 0 bridgehead atoms. The molecule has 1 fully saturated rings. The highest BCUT2D eigenvalue weighted by Crippen LogP contribution is 2.35. The number of hydrogen-bond acceptors (Lipinski definition) is 6. The van der Waals surface area contributed by atoms with E-state index < -0.39 is 6.36 Å². The van der Waals surface area contributed by atoms with Gasteiger partial charge in [-0.2, -0.15) is 5.10 Å². The minimum absolute atomic E-state index is 0.298. The number of amidine groups is 1. The van der Waals surface area contributed by atoms with E-state index >= 15 is 0 Å². The number of rotatable bonds is 7. The number of thioether (sulfide) groups is 1. The molecule has 0 amide bonds. The van der Waals surface area contributed by atoms with Crippen molar-refractivity contribution in [2.45, 2.75) is 39.1 Å². The molecule has 7 nitrogen and oxygen atoms in total. The molecule has 1 aliphatic heterocycles. The third-order valence-electron chi connectivity index (χ3n) is 6.26. The topological polar surface area (TPSA) is 67.9 Å². The van der Waals surface area contributed by atoms with Crippen molar-refractivity contribution >= 4 is 28.8 Å². The fourth-order valence-corrected chi connectivity index (χ4v) is 5.39. The van der Waals surface area contributed by atoms with Gasteiger partial charge >= 0.3 is 6.36 Å². The Morgan fingerprint density at radius 2 is 1.75 bits per heavy atom. The molecule has 1 unspecified atom stereocenters. The summed E-state index contributed by atoms with van der Waals surface area (Å²) < 4.78 is 42.6. The van der Waals surface area contributed by atoms with Crippen LogP contribution in [0.25, 0.3) is 17.1 Å². The van der Waals surface area contributed by atoms with E-state index in [2.05, 4.69) is 75.0 Å². The average Bonchev–Trinajstić information content (AvgIpc) is 3.56. The molecule has 3 aromatic carbocycles. The van der Waals surface area contributed by atoms with Crippen LogP contribution in [0, 0.1) is 0 Å². The van der Waals surface area contributed by atoms with Crippen molar-refractivity contribution in [3.63, 3.8) is 0 Å². The number of alkyl halides is 3. The number of aromatic nitrogens is 3. The first-order chi connectivity index (χ1) is 19.2. The third kappa shape index (κ3) is 6.36. The Bertz CT molecular complexity index is 1510. The Kier molecular flexibility index (Phi) is 7.92. The van der Waals surface area contributed by atoms with Crippen molar-refractivity contribution in [2.24, 2.45) is 10.2 Å². The van der Waals surface area contributed by atoms with Crippen molar-refractivity contribution in [3.05, 3.63) is 90.3 Å². The molecule has 1 aromatic heterocycles. The molecule has 4 aromatic rings. The fraction of sp³-hybridized carbons (Fsp3) is 0.241. The summed E-state index contributed by atoms with van der Waals surface area (Å²) in [5.41, 5.74) is 4.67. The van der Waals surface area contributed by atoms with Crippen LogP contribution >= 0.6 is 11.8 Å². The second kappa shape index (κ2) is 11.5. The molecule has 206 valence electrons. The average molecular weight is 565 g/mol. The monoisotopic (exact) mass is 564 g/mol. The summed E-state index contributed by atoms with van der Waals surface area (Å²) in [6, 6.07) is 21.7. The molecule has 5 rings (SSSR count). The molecule has 0 saturated carbocycles. The quantitative estimate of drug-likeness (QED) is 0.174. The lowest BCUT2D eigenvalue weighted by Gasteiger charge is -2.26. The molecule has 0 aliphatic carbocycles. The molecule has 40 heavy (non-hydrogen) atoms. The van der Waals surface area contributed by atoms with Gasteiger partial charge in [-0.25, -0.2) is 9.67 Å². The zero-order chi connectivity index (χ0) is 28.3. The van der Waals surface area contributed by atoms with Gasteiger partial charge in [-0.3, -0.25) is 0 Å². The first-order valence-electron chi connectivity index (χ1n) is 12.7. The van der Waals surface area contributed by atoms with Crippen LogP contribution in [0.15, 0.2) is 89.3 Å². The van der Waals surface area contributed by atoms with E-state index in [1.807, 2.05) is 24.3 Å². The third-order valence-corrected chi connectivity index (χ3v) is 7.45. The largest absolute Gasteiger partial charge is 0.573 e.